The van der Waals surface area contributed by atoms with Crippen LogP contribution in [0.5, 0.6) is 0 Å². The largest absolute Gasteiger partial charge is 0.480 e. The number of aryl methyl sites for hydroxylation is 1. The van der Waals surface area contributed by atoms with Gasteiger partial charge in [0.1, 0.15) is 23.7 Å². The van der Waals surface area contributed by atoms with Crippen LogP contribution in [-0.2, 0) is 32.5 Å². The third kappa shape index (κ3) is 4.70. The van der Waals surface area contributed by atoms with E-state index in [-0.39, 0.29) is 30.3 Å². The number of carbonyl (C=O) groups is 1. The smallest absolute Gasteiger partial charge is 0.323 e. The van der Waals surface area contributed by atoms with Gasteiger partial charge in [0.25, 0.3) is 10.0 Å². The van der Waals surface area contributed by atoms with E-state index in [0.717, 1.165) is 16.8 Å². The van der Waals surface area contributed by atoms with Crippen LogP contribution in [0, 0.1) is 5.82 Å². The number of para-hydroxylation sites is 1. The maximum atomic E-state index is 13.8. The first-order chi connectivity index (χ1) is 14.8. The van der Waals surface area contributed by atoms with Crippen molar-refractivity contribution in [3.8, 4) is 0 Å². The summed E-state index contributed by atoms with van der Waals surface area (Å²) in [6.45, 7) is 1.74. The van der Waals surface area contributed by atoms with E-state index in [1.807, 2.05) is 6.92 Å². The molecule has 31 heavy (non-hydrogen) atoms. The number of benzene rings is 2. The molecule has 0 aliphatic rings. The monoisotopic (exact) mass is 449 g/mol. The average molecular weight is 450 g/mol. The van der Waals surface area contributed by atoms with E-state index in [2.05, 4.69) is 4.98 Å². The quantitative estimate of drug-likeness (QED) is 0.510. The van der Waals surface area contributed by atoms with E-state index in [0.29, 0.717) is 23.3 Å². The molecular formula is C21H24FN3O5S. The van der Waals surface area contributed by atoms with E-state index < -0.39 is 21.8 Å². The van der Waals surface area contributed by atoms with E-state index >= 15 is 0 Å². The summed E-state index contributed by atoms with van der Waals surface area (Å²) in [5.41, 5.74) is 1.16. The predicted molar refractivity (Wildman–Crippen MR) is 114 cm³/mol. The second kappa shape index (κ2) is 9.44. The standard InChI is InChI=1S/C21H24FN3O5S/c1-3-6-19-23-21-17(24(19)14-20(26)27)9-5-10-18(21)25(11-12-30-2)31(28,29)16-8-4-7-15(22)13-16/h4-5,7-10,13H,3,6,11-12,14H2,1-2H3,(H,26,27). The van der Waals surface area contributed by atoms with Gasteiger partial charge in [-0.25, -0.2) is 17.8 Å². The van der Waals surface area contributed by atoms with E-state index in [1.54, 1.807) is 22.8 Å². The molecule has 0 fully saturated rings. The number of fused-ring (bicyclic) bond motifs is 1. The van der Waals surface area contributed by atoms with Crippen molar-refractivity contribution in [1.29, 1.82) is 0 Å². The Balaban J connectivity index is 2.22. The summed E-state index contributed by atoms with van der Waals surface area (Å²) in [7, 11) is -2.68. The molecule has 1 aromatic heterocycles. The van der Waals surface area contributed by atoms with Gasteiger partial charge in [-0.2, -0.15) is 0 Å². The Hall–Kier alpha value is -2.98. The molecule has 166 valence electrons. The topological polar surface area (TPSA) is 102 Å². The minimum atomic E-state index is -4.13. The highest BCUT2D eigenvalue weighted by atomic mass is 32.2. The fourth-order valence-corrected chi connectivity index (χ4v) is 4.89. The summed E-state index contributed by atoms with van der Waals surface area (Å²) in [5.74, 6) is -1.13. The SMILES string of the molecule is CCCc1nc2c(N(CCOC)S(=O)(=O)c3cccc(F)c3)cccc2n1CC(=O)O. The molecule has 0 aliphatic carbocycles. The number of hydrogen-bond acceptors (Lipinski definition) is 5. The van der Waals surface area contributed by atoms with Crippen molar-refractivity contribution in [1.82, 2.24) is 9.55 Å². The third-order valence-corrected chi connectivity index (χ3v) is 6.56. The molecule has 1 N–H and O–H groups in total. The van der Waals surface area contributed by atoms with Crippen LogP contribution in [0.15, 0.2) is 47.4 Å². The Labute approximate surface area is 179 Å². The van der Waals surface area contributed by atoms with Crippen molar-refractivity contribution in [2.75, 3.05) is 24.6 Å². The highest BCUT2D eigenvalue weighted by Gasteiger charge is 2.28. The lowest BCUT2D eigenvalue weighted by molar-refractivity contribution is -0.137. The minimum absolute atomic E-state index is 0.0244. The molecule has 3 rings (SSSR count). The Bertz CT molecular complexity index is 1190. The predicted octanol–water partition coefficient (Wildman–Crippen LogP) is 3.05. The summed E-state index contributed by atoms with van der Waals surface area (Å²) >= 11 is 0. The number of carboxylic acid groups (broad SMARTS) is 1. The number of imidazole rings is 1. The number of rotatable bonds is 10. The summed E-state index contributed by atoms with van der Waals surface area (Å²) in [6.07, 6.45) is 1.28. The number of nitrogens with zero attached hydrogens (tertiary/aromatic N) is 3. The van der Waals surface area contributed by atoms with Crippen LogP contribution in [0.3, 0.4) is 0 Å². The molecule has 0 aliphatic heterocycles. The maximum Gasteiger partial charge on any atom is 0.323 e. The van der Waals surface area contributed by atoms with Gasteiger partial charge in [-0.1, -0.05) is 19.1 Å². The number of ether oxygens (including phenoxy) is 1. The van der Waals surface area contributed by atoms with Gasteiger partial charge in [-0.15, -0.1) is 0 Å². The van der Waals surface area contributed by atoms with Crippen LogP contribution in [0.25, 0.3) is 11.0 Å². The fraction of sp³-hybridized carbons (Fsp3) is 0.333. The molecule has 10 heteroatoms. The first-order valence-corrected chi connectivity index (χ1v) is 11.2. The first kappa shape index (κ1) is 22.7. The second-order valence-corrected chi connectivity index (χ2v) is 8.79. The van der Waals surface area contributed by atoms with E-state index in [9.17, 15) is 22.7 Å². The first-order valence-electron chi connectivity index (χ1n) is 9.76. The summed E-state index contributed by atoms with van der Waals surface area (Å²) in [5, 5.41) is 9.33. The number of halogens is 1. The Morgan fingerprint density at radius 2 is 2.00 bits per heavy atom. The molecular weight excluding hydrogens is 425 g/mol. The molecule has 2 aromatic carbocycles. The zero-order valence-electron chi connectivity index (χ0n) is 17.3. The van der Waals surface area contributed by atoms with Crippen molar-refractivity contribution >= 4 is 32.7 Å². The second-order valence-electron chi connectivity index (χ2n) is 6.93. The Morgan fingerprint density at radius 3 is 2.65 bits per heavy atom. The number of sulfonamides is 1. The maximum absolute atomic E-state index is 13.8. The third-order valence-electron chi connectivity index (χ3n) is 4.75. The summed E-state index contributed by atoms with van der Waals surface area (Å²) in [6, 6.07) is 9.74. The summed E-state index contributed by atoms with van der Waals surface area (Å²) in [4.78, 5) is 15.8. The lowest BCUT2D eigenvalue weighted by Gasteiger charge is -2.24. The molecule has 0 atom stereocenters. The van der Waals surface area contributed by atoms with Crippen LogP contribution in [0.4, 0.5) is 10.1 Å². The number of methoxy groups -OCH3 is 1. The van der Waals surface area contributed by atoms with Crippen LogP contribution >= 0.6 is 0 Å². The zero-order chi connectivity index (χ0) is 22.6. The van der Waals surface area contributed by atoms with Crippen LogP contribution < -0.4 is 4.31 Å². The van der Waals surface area contributed by atoms with Crippen molar-refractivity contribution in [3.63, 3.8) is 0 Å². The minimum Gasteiger partial charge on any atom is -0.480 e. The highest BCUT2D eigenvalue weighted by molar-refractivity contribution is 7.92. The summed E-state index contributed by atoms with van der Waals surface area (Å²) < 4.78 is 48.4. The number of anilines is 1. The lowest BCUT2D eigenvalue weighted by atomic mass is 10.2. The molecule has 0 radical (unpaired) electrons. The molecule has 0 amide bonds. The van der Waals surface area contributed by atoms with Crippen LogP contribution in [0.2, 0.25) is 0 Å². The molecule has 3 aromatic rings. The fourth-order valence-electron chi connectivity index (χ4n) is 3.41. The van der Waals surface area contributed by atoms with Gasteiger partial charge in [0, 0.05) is 13.5 Å². The van der Waals surface area contributed by atoms with Gasteiger partial charge in [0.15, 0.2) is 0 Å². The number of aliphatic carboxylic acids is 1. The van der Waals surface area contributed by atoms with Gasteiger partial charge in [0.2, 0.25) is 0 Å². The van der Waals surface area contributed by atoms with Gasteiger partial charge in [0.05, 0.1) is 29.3 Å². The molecule has 0 saturated carbocycles. The molecule has 0 bridgehead atoms. The lowest BCUT2D eigenvalue weighted by Crippen LogP contribution is -2.34. The molecule has 1 heterocycles. The molecule has 0 saturated heterocycles. The van der Waals surface area contributed by atoms with E-state index in [1.165, 1.54) is 25.3 Å². The van der Waals surface area contributed by atoms with Crippen LogP contribution in [-0.4, -0.2) is 49.3 Å². The number of aromatic nitrogens is 2. The number of carboxylic acids is 1. The molecule has 0 spiro atoms. The van der Waals surface area contributed by atoms with Crippen molar-refractivity contribution in [2.45, 2.75) is 31.2 Å². The normalized spacial score (nSPS) is 11.7. The van der Waals surface area contributed by atoms with Gasteiger partial charge < -0.3 is 14.4 Å². The van der Waals surface area contributed by atoms with E-state index in [4.69, 9.17) is 4.74 Å². The van der Waals surface area contributed by atoms with Gasteiger partial charge >= 0.3 is 5.97 Å². The van der Waals surface area contributed by atoms with Crippen molar-refractivity contribution in [2.24, 2.45) is 0 Å². The highest BCUT2D eigenvalue weighted by Crippen LogP contribution is 2.32. The molecule has 0 unspecified atom stereocenters. The van der Waals surface area contributed by atoms with Crippen molar-refractivity contribution < 1.29 is 27.4 Å². The average Bonchev–Trinajstić information content (AvgIpc) is 3.06. The Kier molecular flexibility index (Phi) is 6.91. The Morgan fingerprint density at radius 1 is 1.26 bits per heavy atom. The van der Waals surface area contributed by atoms with Gasteiger partial charge in [-0.3, -0.25) is 9.10 Å². The molecule has 8 nitrogen and oxygen atoms in total. The van der Waals surface area contributed by atoms with Gasteiger partial charge in [-0.05, 0) is 36.8 Å². The van der Waals surface area contributed by atoms with Crippen molar-refractivity contribution in [3.05, 3.63) is 54.1 Å². The van der Waals surface area contributed by atoms with Crippen LogP contribution in [0.1, 0.15) is 19.2 Å². The zero-order valence-corrected chi connectivity index (χ0v) is 18.1. The number of hydrogen-bond donors (Lipinski definition) is 1.